The first kappa shape index (κ1) is 29.6. The lowest BCUT2D eigenvalue weighted by molar-refractivity contribution is -0.118. The number of pyridine rings is 1. The molecule has 9 nitrogen and oxygen atoms in total. The zero-order valence-electron chi connectivity index (χ0n) is 22.3. The largest absolute Gasteiger partial charge is 0.497 e. The van der Waals surface area contributed by atoms with Gasteiger partial charge >= 0.3 is 6.61 Å². The Balaban J connectivity index is 1.72. The van der Waals surface area contributed by atoms with Crippen LogP contribution in [0, 0.1) is 11.6 Å². The van der Waals surface area contributed by atoms with E-state index in [0.717, 1.165) is 29.2 Å². The van der Waals surface area contributed by atoms with Crippen LogP contribution in [0.25, 0.3) is 0 Å². The molecule has 13 heteroatoms. The van der Waals surface area contributed by atoms with Crippen molar-refractivity contribution < 1.29 is 41.4 Å². The van der Waals surface area contributed by atoms with Crippen molar-refractivity contribution in [3.05, 3.63) is 87.8 Å². The molecule has 2 amide bonds. The molecule has 1 aliphatic rings. The number of carbonyl (C=O) groups is 2. The summed E-state index contributed by atoms with van der Waals surface area (Å²) in [7, 11) is 2.72. The van der Waals surface area contributed by atoms with Gasteiger partial charge in [0.1, 0.15) is 34.9 Å². The predicted molar refractivity (Wildman–Crippen MR) is 140 cm³/mol. The number of aromatic nitrogens is 1. The van der Waals surface area contributed by atoms with Gasteiger partial charge in [-0.05, 0) is 43.3 Å². The van der Waals surface area contributed by atoms with E-state index in [2.05, 4.69) is 10.1 Å². The molecule has 1 N–H and O–H groups in total. The second kappa shape index (κ2) is 12.4. The number of alkyl halides is 2. The first-order valence-electron chi connectivity index (χ1n) is 12.5. The van der Waals surface area contributed by atoms with Gasteiger partial charge in [0, 0.05) is 49.0 Å². The molecule has 218 valence electrons. The third-order valence-corrected chi connectivity index (χ3v) is 6.75. The van der Waals surface area contributed by atoms with Crippen LogP contribution in [0.4, 0.5) is 23.2 Å². The van der Waals surface area contributed by atoms with E-state index in [1.54, 1.807) is 13.0 Å². The predicted octanol–water partition coefficient (Wildman–Crippen LogP) is 3.70. The summed E-state index contributed by atoms with van der Waals surface area (Å²) in [4.78, 5) is 41.1. The van der Waals surface area contributed by atoms with Gasteiger partial charge < -0.3 is 29.0 Å². The van der Waals surface area contributed by atoms with E-state index in [4.69, 9.17) is 9.47 Å². The average Bonchev–Trinajstić information content (AvgIpc) is 3.24. The first-order chi connectivity index (χ1) is 19.5. The maximum atomic E-state index is 15.2. The molecule has 3 aromatic rings. The Morgan fingerprint density at radius 1 is 1.05 bits per heavy atom. The Kier molecular flexibility index (Phi) is 8.96. The van der Waals surface area contributed by atoms with Crippen molar-refractivity contribution in [1.29, 1.82) is 0 Å². The Bertz CT molecular complexity index is 1460. The topological polar surface area (TPSA) is 99.1 Å². The van der Waals surface area contributed by atoms with Gasteiger partial charge in [-0.3, -0.25) is 14.4 Å². The van der Waals surface area contributed by atoms with Crippen LogP contribution >= 0.6 is 0 Å². The molecule has 1 saturated heterocycles. The molecule has 3 atom stereocenters. The fourth-order valence-corrected chi connectivity index (χ4v) is 4.64. The highest BCUT2D eigenvalue weighted by molar-refractivity contribution is 6.05. The minimum Gasteiger partial charge on any atom is -0.497 e. The van der Waals surface area contributed by atoms with Crippen molar-refractivity contribution >= 4 is 17.5 Å². The molecule has 0 spiro atoms. The highest BCUT2D eigenvalue weighted by Crippen LogP contribution is 2.36. The van der Waals surface area contributed by atoms with Gasteiger partial charge in [0.15, 0.2) is 0 Å². The van der Waals surface area contributed by atoms with Crippen LogP contribution in [0.1, 0.15) is 28.8 Å². The molecular weight excluding hydrogens is 550 g/mol. The van der Waals surface area contributed by atoms with Crippen LogP contribution < -0.4 is 25.2 Å². The van der Waals surface area contributed by atoms with Crippen LogP contribution in [0.3, 0.4) is 0 Å². The third-order valence-electron chi connectivity index (χ3n) is 6.75. The number of carbonyl (C=O) groups excluding carboxylic acids is 2. The number of methoxy groups -OCH3 is 2. The molecule has 1 aromatic heterocycles. The molecular formula is C28H27F4N3O6. The van der Waals surface area contributed by atoms with Gasteiger partial charge in [-0.1, -0.05) is 0 Å². The molecule has 0 bridgehead atoms. The van der Waals surface area contributed by atoms with Crippen LogP contribution in [-0.4, -0.2) is 55.9 Å². The maximum Gasteiger partial charge on any atom is 0.387 e. The van der Waals surface area contributed by atoms with Crippen LogP contribution in [0.2, 0.25) is 0 Å². The lowest BCUT2D eigenvalue weighted by atomic mass is 9.92. The summed E-state index contributed by atoms with van der Waals surface area (Å²) < 4.78 is 71.1. The van der Waals surface area contributed by atoms with Gasteiger partial charge in [-0.25, -0.2) is 8.78 Å². The summed E-state index contributed by atoms with van der Waals surface area (Å²) in [6.07, 6.45) is 1.19. The Morgan fingerprint density at radius 2 is 1.71 bits per heavy atom. The van der Waals surface area contributed by atoms with Gasteiger partial charge in [0.2, 0.25) is 5.91 Å². The summed E-state index contributed by atoms with van der Waals surface area (Å²) >= 11 is 0. The second-order valence-corrected chi connectivity index (χ2v) is 9.31. The van der Waals surface area contributed by atoms with E-state index in [1.165, 1.54) is 43.2 Å². The molecule has 2 aromatic carbocycles. The normalized spacial score (nSPS) is 17.6. The van der Waals surface area contributed by atoms with E-state index in [-0.39, 0.29) is 41.9 Å². The molecule has 0 radical (unpaired) electrons. The summed E-state index contributed by atoms with van der Waals surface area (Å²) in [6, 6.07) is 8.03. The van der Waals surface area contributed by atoms with E-state index < -0.39 is 53.1 Å². The van der Waals surface area contributed by atoms with E-state index in [1.807, 2.05) is 0 Å². The Labute approximate surface area is 232 Å². The smallest absolute Gasteiger partial charge is 0.387 e. The van der Waals surface area contributed by atoms with Crippen LogP contribution in [-0.2, 0) is 16.1 Å². The van der Waals surface area contributed by atoms with E-state index >= 15 is 8.78 Å². The zero-order chi connectivity index (χ0) is 29.8. The van der Waals surface area contributed by atoms with E-state index in [0.29, 0.717) is 0 Å². The van der Waals surface area contributed by atoms with E-state index in [9.17, 15) is 23.2 Å². The van der Waals surface area contributed by atoms with Crippen LogP contribution in [0.5, 0.6) is 11.5 Å². The highest BCUT2D eigenvalue weighted by Gasteiger charge is 2.46. The molecule has 2 heterocycles. The zero-order valence-corrected chi connectivity index (χ0v) is 22.3. The quantitative estimate of drug-likeness (QED) is 0.369. The average molecular weight is 578 g/mol. The molecule has 0 aliphatic carbocycles. The van der Waals surface area contributed by atoms with Crippen molar-refractivity contribution in [3.63, 3.8) is 0 Å². The highest BCUT2D eigenvalue weighted by atomic mass is 19.3. The third kappa shape index (κ3) is 6.35. The van der Waals surface area contributed by atoms with Crippen molar-refractivity contribution in [3.8, 4) is 11.5 Å². The van der Waals surface area contributed by atoms with Crippen molar-refractivity contribution in [2.24, 2.45) is 0 Å². The number of anilines is 1. The summed E-state index contributed by atoms with van der Waals surface area (Å²) in [6.45, 7) is -1.46. The molecule has 1 fully saturated rings. The second-order valence-electron chi connectivity index (χ2n) is 9.31. The first-order valence-corrected chi connectivity index (χ1v) is 12.5. The standard InChI is InChI=1S/C28H27F4N3O6/c1-15(39-2)13-34-10-4-5-22(26(34)37)35-14-19(23-20(29)11-18(40-3)12-21(23)30)24(27(35)38)33-25(36)16-6-8-17(9-7-16)41-28(31)32/h4-12,15,19,24,28H,13-14H2,1-3H3,(H,33,36)/t15?,19-,24-/m0/s1. The van der Waals surface area contributed by atoms with Crippen LogP contribution in [0.15, 0.2) is 59.5 Å². The number of hydrogen-bond donors (Lipinski definition) is 1. The Hall–Kier alpha value is -4.39. The minimum atomic E-state index is -3.06. The maximum absolute atomic E-state index is 15.2. The molecule has 1 aliphatic heterocycles. The lowest BCUT2D eigenvalue weighted by Crippen LogP contribution is -2.44. The number of nitrogens with zero attached hydrogens (tertiary/aromatic N) is 2. The monoisotopic (exact) mass is 577 g/mol. The number of benzene rings is 2. The summed E-state index contributed by atoms with van der Waals surface area (Å²) in [5.74, 6) is -5.12. The van der Waals surface area contributed by atoms with Crippen molar-refractivity contribution in [2.45, 2.75) is 38.1 Å². The van der Waals surface area contributed by atoms with Crippen molar-refractivity contribution in [2.75, 3.05) is 25.7 Å². The van der Waals surface area contributed by atoms with Gasteiger partial charge in [0.25, 0.3) is 11.5 Å². The SMILES string of the molecule is COc1cc(F)c([C@@H]2CN(c3cccn(CC(C)OC)c3=O)C(=O)[C@H]2NC(=O)c2ccc(OC(F)F)cc2)c(F)c1. The van der Waals surface area contributed by atoms with Gasteiger partial charge in [0.05, 0.1) is 19.8 Å². The minimum absolute atomic E-state index is 0.0251. The fraction of sp³-hybridized carbons (Fsp3) is 0.321. The fourth-order valence-electron chi connectivity index (χ4n) is 4.64. The number of amides is 2. The lowest BCUT2D eigenvalue weighted by Gasteiger charge is -2.20. The summed E-state index contributed by atoms with van der Waals surface area (Å²) in [5, 5.41) is 2.50. The number of ether oxygens (including phenoxy) is 3. The number of nitrogens with one attached hydrogen (secondary N) is 1. The van der Waals surface area contributed by atoms with Gasteiger partial charge in [-0.2, -0.15) is 8.78 Å². The molecule has 4 rings (SSSR count). The van der Waals surface area contributed by atoms with Crippen molar-refractivity contribution in [1.82, 2.24) is 9.88 Å². The molecule has 1 unspecified atom stereocenters. The van der Waals surface area contributed by atoms with Gasteiger partial charge in [-0.15, -0.1) is 0 Å². The number of hydrogen-bond acceptors (Lipinski definition) is 6. The summed E-state index contributed by atoms with van der Waals surface area (Å²) in [5.41, 5.74) is -1.09. The molecule has 0 saturated carbocycles. The number of rotatable bonds is 10. The number of halogens is 4. The molecule has 41 heavy (non-hydrogen) atoms. The Morgan fingerprint density at radius 3 is 2.29 bits per heavy atom.